The van der Waals surface area contributed by atoms with E-state index in [1.807, 2.05) is 4.90 Å². The second-order valence-corrected chi connectivity index (χ2v) is 8.19. The maximum absolute atomic E-state index is 12.6. The number of benzene rings is 2. The molecule has 7 heteroatoms. The lowest BCUT2D eigenvalue weighted by molar-refractivity contribution is -0.138. The van der Waals surface area contributed by atoms with Crippen molar-refractivity contribution in [3.63, 3.8) is 0 Å². The van der Waals surface area contributed by atoms with Gasteiger partial charge in [-0.15, -0.1) is 0 Å². The number of amides is 1. The van der Waals surface area contributed by atoms with Gasteiger partial charge < -0.3 is 14.1 Å². The molecule has 2 heterocycles. The van der Waals surface area contributed by atoms with Gasteiger partial charge in [-0.05, 0) is 50.5 Å². The van der Waals surface area contributed by atoms with E-state index in [0.717, 1.165) is 32.4 Å². The number of fused-ring (bicyclic) bond motifs is 1. The van der Waals surface area contributed by atoms with E-state index in [0.29, 0.717) is 37.9 Å². The molecule has 0 unspecified atom stereocenters. The van der Waals surface area contributed by atoms with Crippen LogP contribution in [0.25, 0.3) is 22.1 Å². The number of piperidine rings is 1. The average Bonchev–Trinajstić information content (AvgIpc) is 2.73. The highest BCUT2D eigenvalue weighted by atomic mass is 35.5. The molecule has 1 saturated heterocycles. The fourth-order valence-corrected chi connectivity index (χ4v) is 4.41. The minimum absolute atomic E-state index is 0.0344. The quantitative estimate of drug-likeness (QED) is 0.494. The highest BCUT2D eigenvalue weighted by molar-refractivity contribution is 6.39. The van der Waals surface area contributed by atoms with E-state index in [9.17, 15) is 9.59 Å². The van der Waals surface area contributed by atoms with Crippen LogP contribution in [0.3, 0.4) is 0 Å². The molecule has 4 rings (SSSR count). The molecule has 0 aliphatic carbocycles. The maximum Gasteiger partial charge on any atom is 0.336 e. The number of hydrogen-bond donors (Lipinski definition) is 0. The number of ether oxygens (including phenoxy) is 1. The van der Waals surface area contributed by atoms with Crippen LogP contribution in [0.15, 0.2) is 51.7 Å². The monoisotopic (exact) mass is 445 g/mol. The predicted octanol–water partition coefficient (Wildman–Crippen LogP) is 5.55. The highest BCUT2D eigenvalue weighted by Crippen LogP contribution is 2.38. The number of nitrogens with zero attached hydrogens (tertiary/aromatic N) is 1. The van der Waals surface area contributed by atoms with Crippen LogP contribution in [-0.2, 0) is 4.79 Å². The van der Waals surface area contributed by atoms with Crippen molar-refractivity contribution in [2.75, 3.05) is 13.1 Å². The lowest BCUT2D eigenvalue weighted by atomic mass is 10.0. The Morgan fingerprint density at radius 2 is 1.77 bits per heavy atom. The first-order chi connectivity index (χ1) is 14.4. The van der Waals surface area contributed by atoms with Crippen molar-refractivity contribution in [3.05, 3.63) is 62.9 Å². The number of rotatable bonds is 4. The molecule has 1 aliphatic rings. The number of likely N-dealkylation sites (tertiary alicyclic amines) is 1. The van der Waals surface area contributed by atoms with Crippen LogP contribution < -0.4 is 10.4 Å². The number of halogens is 2. The molecule has 1 fully saturated rings. The summed E-state index contributed by atoms with van der Waals surface area (Å²) in [6.07, 6.45) is 2.56. The summed E-state index contributed by atoms with van der Waals surface area (Å²) in [5, 5.41) is 1.55. The topological polar surface area (TPSA) is 59.8 Å². The van der Waals surface area contributed by atoms with Gasteiger partial charge in [0.25, 0.3) is 5.91 Å². The minimum Gasteiger partial charge on any atom is -0.481 e. The summed E-state index contributed by atoms with van der Waals surface area (Å²) in [5.74, 6) is 0.416. The lowest BCUT2D eigenvalue weighted by Crippen LogP contribution is -2.43. The average molecular weight is 446 g/mol. The molecule has 0 spiro atoms. The number of hydrogen-bond acceptors (Lipinski definition) is 4. The molecular weight excluding hydrogens is 425 g/mol. The van der Waals surface area contributed by atoms with Gasteiger partial charge in [0.15, 0.2) is 6.10 Å². The van der Waals surface area contributed by atoms with Gasteiger partial charge in [0.05, 0.1) is 0 Å². The Morgan fingerprint density at radius 3 is 2.47 bits per heavy atom. The fourth-order valence-electron chi connectivity index (χ4n) is 3.80. The summed E-state index contributed by atoms with van der Waals surface area (Å²) in [6.45, 7) is 3.26. The summed E-state index contributed by atoms with van der Waals surface area (Å²) >= 11 is 12.7. The zero-order valence-corrected chi connectivity index (χ0v) is 18.0. The van der Waals surface area contributed by atoms with E-state index >= 15 is 0 Å². The molecule has 3 aromatic rings. The van der Waals surface area contributed by atoms with Gasteiger partial charge in [0.1, 0.15) is 11.3 Å². The molecule has 1 atom stereocenters. The zero-order valence-electron chi connectivity index (χ0n) is 16.5. The number of carbonyl (C=O) groups excluding carboxylic acids is 1. The Hall–Kier alpha value is -2.50. The first-order valence-electron chi connectivity index (χ1n) is 9.92. The summed E-state index contributed by atoms with van der Waals surface area (Å²) < 4.78 is 11.3. The van der Waals surface area contributed by atoms with Gasteiger partial charge in [-0.1, -0.05) is 29.3 Å². The molecule has 0 bridgehead atoms. The summed E-state index contributed by atoms with van der Waals surface area (Å²) in [7, 11) is 0. The van der Waals surface area contributed by atoms with E-state index in [4.69, 9.17) is 32.4 Å². The summed E-state index contributed by atoms with van der Waals surface area (Å²) in [4.78, 5) is 26.7. The number of carbonyl (C=O) groups is 1. The third kappa shape index (κ3) is 4.18. The normalized spacial score (nSPS) is 15.2. The van der Waals surface area contributed by atoms with Gasteiger partial charge in [-0.25, -0.2) is 4.79 Å². The van der Waals surface area contributed by atoms with Gasteiger partial charge in [-0.2, -0.15) is 0 Å². The third-order valence-corrected chi connectivity index (χ3v) is 5.91. The van der Waals surface area contributed by atoms with Crippen LogP contribution in [0.4, 0.5) is 0 Å². The van der Waals surface area contributed by atoms with Gasteiger partial charge in [0.2, 0.25) is 0 Å². The molecule has 2 aromatic carbocycles. The van der Waals surface area contributed by atoms with Crippen molar-refractivity contribution in [1.82, 2.24) is 4.90 Å². The molecule has 1 amide bonds. The van der Waals surface area contributed by atoms with Crippen molar-refractivity contribution < 1.29 is 13.9 Å². The zero-order chi connectivity index (χ0) is 21.3. The standard InChI is InChI=1S/C23H21Cl2NO4/c1-14(23(28)26-10-3-2-4-11-26)29-15-8-9-16-17(13-21(27)30-20(16)12-15)22-18(24)6-5-7-19(22)25/h5-9,12-14H,2-4,10-11H2,1H3/t14-/m1/s1. The van der Waals surface area contributed by atoms with Crippen molar-refractivity contribution in [3.8, 4) is 16.9 Å². The molecule has 1 aromatic heterocycles. The fraction of sp³-hybridized carbons (Fsp3) is 0.304. The van der Waals surface area contributed by atoms with E-state index in [2.05, 4.69) is 0 Å². The summed E-state index contributed by atoms with van der Waals surface area (Å²) in [6, 6.07) is 11.7. The molecular formula is C23H21Cl2NO4. The smallest absolute Gasteiger partial charge is 0.336 e. The largest absolute Gasteiger partial charge is 0.481 e. The van der Waals surface area contributed by atoms with Gasteiger partial charge in [-0.3, -0.25) is 4.79 Å². The van der Waals surface area contributed by atoms with E-state index in [1.54, 1.807) is 43.3 Å². The van der Waals surface area contributed by atoms with Crippen LogP contribution in [-0.4, -0.2) is 30.0 Å². The molecule has 0 N–H and O–H groups in total. The Bertz CT molecular complexity index is 1130. The SMILES string of the molecule is C[C@@H](Oc1ccc2c(-c3c(Cl)cccc3Cl)cc(=O)oc2c1)C(=O)N1CCCCC1. The van der Waals surface area contributed by atoms with Crippen LogP contribution >= 0.6 is 23.2 Å². The van der Waals surface area contributed by atoms with Crippen molar-refractivity contribution in [2.45, 2.75) is 32.3 Å². The third-order valence-electron chi connectivity index (χ3n) is 5.28. The minimum atomic E-state index is -0.631. The molecule has 1 aliphatic heterocycles. The van der Waals surface area contributed by atoms with Crippen LogP contribution in [0.2, 0.25) is 10.0 Å². The second-order valence-electron chi connectivity index (χ2n) is 7.38. The van der Waals surface area contributed by atoms with E-state index in [1.165, 1.54) is 6.07 Å². The molecule has 0 radical (unpaired) electrons. The van der Waals surface area contributed by atoms with Gasteiger partial charge >= 0.3 is 5.63 Å². The van der Waals surface area contributed by atoms with Crippen molar-refractivity contribution in [2.24, 2.45) is 0 Å². The Kier molecular flexibility index (Phi) is 6.02. The van der Waals surface area contributed by atoms with Crippen LogP contribution in [0, 0.1) is 0 Å². The van der Waals surface area contributed by atoms with Crippen LogP contribution in [0.1, 0.15) is 26.2 Å². The Balaban J connectivity index is 1.67. The predicted molar refractivity (Wildman–Crippen MR) is 118 cm³/mol. The molecule has 5 nitrogen and oxygen atoms in total. The first-order valence-corrected chi connectivity index (χ1v) is 10.7. The highest BCUT2D eigenvalue weighted by Gasteiger charge is 2.24. The lowest BCUT2D eigenvalue weighted by Gasteiger charge is -2.29. The van der Waals surface area contributed by atoms with E-state index < -0.39 is 11.7 Å². The van der Waals surface area contributed by atoms with Crippen LogP contribution in [0.5, 0.6) is 5.75 Å². The molecule has 156 valence electrons. The second kappa shape index (κ2) is 8.70. The molecule has 30 heavy (non-hydrogen) atoms. The molecule has 0 saturated carbocycles. The Labute approximate surface area is 184 Å². The van der Waals surface area contributed by atoms with Crippen molar-refractivity contribution >= 4 is 40.1 Å². The Morgan fingerprint density at radius 1 is 1.07 bits per heavy atom. The first kappa shape index (κ1) is 20.8. The maximum atomic E-state index is 12.6. The van der Waals surface area contributed by atoms with Crippen molar-refractivity contribution in [1.29, 1.82) is 0 Å². The summed E-state index contributed by atoms with van der Waals surface area (Å²) in [5.41, 5.74) is 0.966. The van der Waals surface area contributed by atoms with E-state index in [-0.39, 0.29) is 5.91 Å². The van der Waals surface area contributed by atoms with Gasteiger partial charge in [0, 0.05) is 51.8 Å².